The number of halogens is 3. The molecule has 3 aromatic heterocycles. The van der Waals surface area contributed by atoms with Gasteiger partial charge >= 0.3 is 12.1 Å². The van der Waals surface area contributed by atoms with E-state index in [1.807, 2.05) is 30.3 Å². The minimum Gasteiger partial charge on any atom is -0.484 e. The van der Waals surface area contributed by atoms with E-state index in [2.05, 4.69) is 9.97 Å². The Bertz CT molecular complexity index is 1560. The molecule has 0 saturated heterocycles. The van der Waals surface area contributed by atoms with Crippen molar-refractivity contribution in [2.24, 2.45) is 0 Å². The predicted octanol–water partition coefficient (Wildman–Crippen LogP) is 7.01. The Morgan fingerprint density at radius 1 is 1.06 bits per heavy atom. The number of aromatic nitrogens is 3. The van der Waals surface area contributed by atoms with Gasteiger partial charge in [-0.25, -0.2) is 9.78 Å². The molecule has 0 spiro atoms. The molecular formula is C26H18F3N3O3S. The number of hydrogen-bond donors (Lipinski definition) is 1. The number of fused-ring (bicyclic) bond motifs is 1. The highest BCUT2D eigenvalue weighted by molar-refractivity contribution is 7.16. The Kier molecular flexibility index (Phi) is 5.97. The monoisotopic (exact) mass is 509 g/mol. The van der Waals surface area contributed by atoms with Gasteiger partial charge in [-0.3, -0.25) is 9.55 Å². The summed E-state index contributed by atoms with van der Waals surface area (Å²) in [5.41, 5.74) is 2.47. The van der Waals surface area contributed by atoms with Crippen LogP contribution >= 0.6 is 11.3 Å². The van der Waals surface area contributed by atoms with Gasteiger partial charge in [0.2, 0.25) is 0 Å². The lowest BCUT2D eigenvalue weighted by atomic mass is 10.0. The van der Waals surface area contributed by atoms with Crippen LogP contribution in [0.5, 0.6) is 5.75 Å². The molecule has 0 unspecified atom stereocenters. The quantitative estimate of drug-likeness (QED) is 0.267. The van der Waals surface area contributed by atoms with Gasteiger partial charge in [0, 0.05) is 24.0 Å². The first kappa shape index (κ1) is 23.6. The number of ether oxygens (including phenoxy) is 1. The third kappa shape index (κ3) is 4.42. The summed E-state index contributed by atoms with van der Waals surface area (Å²) in [5, 5.41) is 10.3. The largest absolute Gasteiger partial charge is 0.484 e. The lowest BCUT2D eigenvalue weighted by molar-refractivity contribution is -0.139. The molecule has 0 amide bonds. The average molecular weight is 510 g/mol. The molecule has 0 aliphatic rings. The molecule has 2 aromatic carbocycles. The number of aromatic carboxylic acids is 1. The van der Waals surface area contributed by atoms with Crippen molar-refractivity contribution in [2.45, 2.75) is 19.2 Å². The number of nitrogens with zero attached hydrogens (tertiary/aromatic N) is 3. The van der Waals surface area contributed by atoms with Crippen LogP contribution in [0.25, 0.3) is 27.2 Å². The van der Waals surface area contributed by atoms with E-state index in [1.54, 1.807) is 23.3 Å². The first-order valence-corrected chi connectivity index (χ1v) is 11.6. The Hall–Kier alpha value is -4.18. The van der Waals surface area contributed by atoms with Crippen molar-refractivity contribution in [2.75, 3.05) is 0 Å². The number of carboxylic acid groups (broad SMARTS) is 1. The molecule has 1 N–H and O–H groups in total. The van der Waals surface area contributed by atoms with E-state index in [9.17, 15) is 23.1 Å². The van der Waals surface area contributed by atoms with Gasteiger partial charge in [-0.1, -0.05) is 24.3 Å². The molecule has 1 atom stereocenters. The zero-order chi connectivity index (χ0) is 25.4. The van der Waals surface area contributed by atoms with Gasteiger partial charge in [0.15, 0.2) is 4.88 Å². The fourth-order valence-corrected chi connectivity index (χ4v) is 4.91. The van der Waals surface area contributed by atoms with Crippen LogP contribution in [0.1, 0.15) is 33.8 Å². The van der Waals surface area contributed by atoms with Crippen molar-refractivity contribution in [1.29, 1.82) is 0 Å². The molecule has 0 aliphatic carbocycles. The third-order valence-electron chi connectivity index (χ3n) is 5.69. The van der Waals surface area contributed by atoms with Gasteiger partial charge < -0.3 is 9.84 Å². The number of benzene rings is 2. The van der Waals surface area contributed by atoms with Crippen LogP contribution in [-0.4, -0.2) is 25.6 Å². The second kappa shape index (κ2) is 9.12. The van der Waals surface area contributed by atoms with Crippen LogP contribution in [0.3, 0.4) is 0 Å². The Morgan fingerprint density at radius 3 is 2.53 bits per heavy atom. The standard InChI is InChI=1S/C26H18F3N3O3S/c1-15(18-4-2-3-5-19(18)26(27,28)29)35-22-13-23(36-24(22)25(33)34)32-14-31-20-12-17(6-7-21(20)32)16-8-10-30-11-9-16/h2-15H,1H3,(H,33,34)/t15-/m1/s1. The molecule has 0 saturated carbocycles. The van der Waals surface area contributed by atoms with Crippen LogP contribution < -0.4 is 4.74 Å². The Morgan fingerprint density at radius 2 is 1.81 bits per heavy atom. The smallest absolute Gasteiger partial charge is 0.416 e. The molecular weight excluding hydrogens is 491 g/mol. The van der Waals surface area contributed by atoms with E-state index in [-0.39, 0.29) is 16.2 Å². The molecule has 3 heterocycles. The van der Waals surface area contributed by atoms with E-state index >= 15 is 0 Å². The second-order valence-corrected chi connectivity index (χ2v) is 9.01. The maximum absolute atomic E-state index is 13.5. The van der Waals surface area contributed by atoms with E-state index < -0.39 is 23.8 Å². The fourth-order valence-electron chi connectivity index (χ4n) is 3.99. The first-order valence-electron chi connectivity index (χ1n) is 10.8. The molecule has 10 heteroatoms. The van der Waals surface area contributed by atoms with Crippen molar-refractivity contribution in [3.63, 3.8) is 0 Å². The van der Waals surface area contributed by atoms with Crippen LogP contribution in [0.2, 0.25) is 0 Å². The van der Waals surface area contributed by atoms with Gasteiger partial charge in [0.25, 0.3) is 0 Å². The Balaban J connectivity index is 1.50. The van der Waals surface area contributed by atoms with Crippen LogP contribution in [0, 0.1) is 0 Å². The molecule has 0 radical (unpaired) electrons. The number of imidazole rings is 1. The summed E-state index contributed by atoms with van der Waals surface area (Å²) in [6.07, 6.45) is -0.621. The van der Waals surface area contributed by atoms with E-state index in [0.717, 1.165) is 34.0 Å². The van der Waals surface area contributed by atoms with E-state index in [0.29, 0.717) is 10.5 Å². The predicted molar refractivity (Wildman–Crippen MR) is 130 cm³/mol. The van der Waals surface area contributed by atoms with Crippen LogP contribution in [-0.2, 0) is 6.18 Å². The van der Waals surface area contributed by atoms with Gasteiger partial charge in [-0.15, -0.1) is 11.3 Å². The lowest BCUT2D eigenvalue weighted by Crippen LogP contribution is -2.14. The van der Waals surface area contributed by atoms with Crippen molar-refractivity contribution >= 4 is 28.3 Å². The van der Waals surface area contributed by atoms with Crippen LogP contribution in [0.4, 0.5) is 13.2 Å². The van der Waals surface area contributed by atoms with Crippen LogP contribution in [0.15, 0.2) is 79.4 Å². The first-order chi connectivity index (χ1) is 17.2. The number of hydrogen-bond acceptors (Lipinski definition) is 5. The average Bonchev–Trinajstić information content (AvgIpc) is 3.47. The normalized spacial score (nSPS) is 12.6. The molecule has 5 rings (SSSR count). The van der Waals surface area contributed by atoms with Crippen molar-refractivity contribution in [1.82, 2.24) is 14.5 Å². The number of alkyl halides is 3. The van der Waals surface area contributed by atoms with Crippen molar-refractivity contribution in [3.8, 4) is 21.9 Å². The maximum Gasteiger partial charge on any atom is 0.416 e. The molecule has 0 aliphatic heterocycles. The van der Waals surface area contributed by atoms with Crippen molar-refractivity contribution in [3.05, 3.63) is 95.4 Å². The zero-order valence-corrected chi connectivity index (χ0v) is 19.5. The lowest BCUT2D eigenvalue weighted by Gasteiger charge is -2.19. The number of carbonyl (C=O) groups is 1. The summed E-state index contributed by atoms with van der Waals surface area (Å²) >= 11 is 0.956. The number of carboxylic acids is 1. The number of rotatable bonds is 6. The molecule has 182 valence electrons. The Labute approximate surface area is 207 Å². The van der Waals surface area contributed by atoms with Gasteiger partial charge in [0.1, 0.15) is 23.2 Å². The minimum absolute atomic E-state index is 0.0118. The number of thiophene rings is 1. The highest BCUT2D eigenvalue weighted by Gasteiger charge is 2.35. The maximum atomic E-state index is 13.5. The van der Waals surface area contributed by atoms with Gasteiger partial charge in [-0.05, 0) is 48.4 Å². The molecule has 6 nitrogen and oxygen atoms in total. The molecule has 5 aromatic rings. The summed E-state index contributed by atoms with van der Waals surface area (Å²) in [6, 6.07) is 16.1. The van der Waals surface area contributed by atoms with Crippen molar-refractivity contribution < 1.29 is 27.8 Å². The summed E-state index contributed by atoms with van der Waals surface area (Å²) in [7, 11) is 0. The van der Waals surface area contributed by atoms with Gasteiger partial charge in [0.05, 0.1) is 16.6 Å². The summed E-state index contributed by atoms with van der Waals surface area (Å²) in [4.78, 5) is 20.3. The van der Waals surface area contributed by atoms with Gasteiger partial charge in [-0.2, -0.15) is 13.2 Å². The topological polar surface area (TPSA) is 77.2 Å². The van der Waals surface area contributed by atoms with E-state index in [4.69, 9.17) is 4.74 Å². The summed E-state index contributed by atoms with van der Waals surface area (Å²) < 4.78 is 47.9. The third-order valence-corrected chi connectivity index (χ3v) is 6.79. The zero-order valence-electron chi connectivity index (χ0n) is 18.7. The minimum atomic E-state index is -4.56. The highest BCUT2D eigenvalue weighted by Crippen LogP contribution is 2.39. The highest BCUT2D eigenvalue weighted by atomic mass is 32.1. The summed E-state index contributed by atoms with van der Waals surface area (Å²) in [5.74, 6) is -1.25. The van der Waals surface area contributed by atoms with E-state index in [1.165, 1.54) is 31.2 Å². The fraction of sp³-hybridized carbons (Fsp3) is 0.115. The SMILES string of the molecule is C[C@@H](Oc1cc(-n2cnc3cc(-c4ccncc4)ccc32)sc1C(=O)O)c1ccccc1C(F)(F)F. The molecule has 0 bridgehead atoms. The second-order valence-electron chi connectivity index (χ2n) is 7.98. The molecule has 36 heavy (non-hydrogen) atoms. The summed E-state index contributed by atoms with van der Waals surface area (Å²) in [6.45, 7) is 1.46. The molecule has 0 fully saturated rings. The number of pyridine rings is 1.